The summed E-state index contributed by atoms with van der Waals surface area (Å²) in [6, 6.07) is 12.4. The molecule has 1 atom stereocenters. The van der Waals surface area contributed by atoms with E-state index in [2.05, 4.69) is 34.2 Å². The van der Waals surface area contributed by atoms with Crippen molar-refractivity contribution in [1.29, 1.82) is 0 Å². The number of H-pyrrole nitrogens is 1. The van der Waals surface area contributed by atoms with Gasteiger partial charge < -0.3 is 25.0 Å². The van der Waals surface area contributed by atoms with Crippen LogP contribution in [0, 0.1) is 5.82 Å². The molecule has 184 valence electrons. The average Bonchev–Trinajstić information content (AvgIpc) is 3.52. The van der Waals surface area contributed by atoms with Crippen LogP contribution in [0.4, 0.5) is 15.8 Å². The van der Waals surface area contributed by atoms with Gasteiger partial charge in [-0.2, -0.15) is 0 Å². The molecule has 35 heavy (non-hydrogen) atoms. The number of piperidine rings is 1. The molecule has 2 saturated heterocycles. The minimum atomic E-state index is -0.617. The van der Waals surface area contributed by atoms with Gasteiger partial charge in [0.1, 0.15) is 11.9 Å². The Hall–Kier alpha value is -3.04. The third-order valence-corrected chi connectivity index (χ3v) is 8.03. The summed E-state index contributed by atoms with van der Waals surface area (Å²) >= 11 is 1.54. The topological polar surface area (TPSA) is 71.7 Å². The lowest BCUT2D eigenvalue weighted by molar-refractivity contribution is -0.119. The Morgan fingerprint density at radius 3 is 2.66 bits per heavy atom. The van der Waals surface area contributed by atoms with Gasteiger partial charge in [0.05, 0.1) is 17.1 Å². The molecular formula is C26H30FN5O2S. The highest BCUT2D eigenvalue weighted by molar-refractivity contribution is 7.99. The number of hydrogen-bond acceptors (Lipinski definition) is 5. The van der Waals surface area contributed by atoms with Crippen LogP contribution < -0.4 is 10.2 Å². The van der Waals surface area contributed by atoms with E-state index in [9.17, 15) is 14.0 Å². The number of halogens is 1. The Balaban J connectivity index is 1.26. The molecule has 5 rings (SSSR count). The van der Waals surface area contributed by atoms with Crippen LogP contribution in [0.2, 0.25) is 0 Å². The number of para-hydroxylation sites is 1. The van der Waals surface area contributed by atoms with E-state index in [4.69, 9.17) is 0 Å². The van der Waals surface area contributed by atoms with Crippen LogP contribution >= 0.6 is 11.8 Å². The Bertz CT molecular complexity index is 1240. The molecule has 3 heterocycles. The maximum absolute atomic E-state index is 15.0. The number of nitrogens with one attached hydrogen (secondary N) is 2. The zero-order chi connectivity index (χ0) is 24.5. The molecular weight excluding hydrogens is 465 g/mol. The van der Waals surface area contributed by atoms with Gasteiger partial charge in [0, 0.05) is 47.7 Å². The smallest absolute Gasteiger partial charge is 0.257 e. The number of amides is 2. The predicted octanol–water partition coefficient (Wildman–Crippen LogP) is 3.99. The van der Waals surface area contributed by atoms with E-state index < -0.39 is 6.04 Å². The first-order valence-electron chi connectivity index (χ1n) is 11.9. The van der Waals surface area contributed by atoms with Crippen LogP contribution in [0.15, 0.2) is 48.7 Å². The number of rotatable bonds is 5. The molecule has 7 nitrogen and oxygen atoms in total. The van der Waals surface area contributed by atoms with Crippen LogP contribution in [-0.4, -0.2) is 77.5 Å². The van der Waals surface area contributed by atoms with E-state index in [1.807, 2.05) is 24.3 Å². The second-order valence-corrected chi connectivity index (χ2v) is 10.4. The van der Waals surface area contributed by atoms with Gasteiger partial charge in [-0.05, 0) is 51.2 Å². The molecule has 2 aliphatic heterocycles. The summed E-state index contributed by atoms with van der Waals surface area (Å²) in [7, 11) is 4.16. The van der Waals surface area contributed by atoms with Crippen molar-refractivity contribution in [2.75, 3.05) is 49.0 Å². The van der Waals surface area contributed by atoms with E-state index >= 15 is 0 Å². The highest BCUT2D eigenvalue weighted by Gasteiger charge is 2.36. The number of aromatic nitrogens is 1. The van der Waals surface area contributed by atoms with Gasteiger partial charge >= 0.3 is 0 Å². The van der Waals surface area contributed by atoms with Gasteiger partial charge in [-0.25, -0.2) is 4.39 Å². The maximum atomic E-state index is 15.0. The van der Waals surface area contributed by atoms with Gasteiger partial charge in [0.2, 0.25) is 5.91 Å². The molecule has 0 saturated carbocycles. The Labute approximate surface area is 208 Å². The van der Waals surface area contributed by atoms with Crippen LogP contribution in [0.25, 0.3) is 10.9 Å². The number of aromatic amines is 1. The molecule has 2 N–H and O–H groups in total. The second-order valence-electron chi connectivity index (χ2n) is 9.38. The molecule has 0 aliphatic carbocycles. The van der Waals surface area contributed by atoms with Crippen molar-refractivity contribution in [3.63, 3.8) is 0 Å². The fourth-order valence-corrected chi connectivity index (χ4v) is 6.11. The van der Waals surface area contributed by atoms with Gasteiger partial charge in [-0.1, -0.05) is 18.2 Å². The number of hydrogen-bond donors (Lipinski definition) is 2. The molecule has 2 fully saturated rings. The zero-order valence-electron chi connectivity index (χ0n) is 20.0. The van der Waals surface area contributed by atoms with Crippen LogP contribution in [0.3, 0.4) is 0 Å². The van der Waals surface area contributed by atoms with Gasteiger partial charge in [0.25, 0.3) is 5.91 Å². The number of thioether (sulfide) groups is 1. The van der Waals surface area contributed by atoms with Crippen molar-refractivity contribution in [3.8, 4) is 0 Å². The molecule has 2 aromatic carbocycles. The molecule has 2 aliphatic rings. The summed E-state index contributed by atoms with van der Waals surface area (Å²) in [6.07, 6.45) is 3.68. The van der Waals surface area contributed by atoms with Gasteiger partial charge in [-0.15, -0.1) is 11.8 Å². The normalized spacial score (nSPS) is 19.0. The largest absolute Gasteiger partial charge is 0.369 e. The lowest BCUT2D eigenvalue weighted by Gasteiger charge is -2.36. The number of nitrogens with zero attached hydrogens (tertiary/aromatic N) is 3. The van der Waals surface area contributed by atoms with Crippen molar-refractivity contribution in [3.05, 3.63) is 60.0 Å². The zero-order valence-corrected chi connectivity index (χ0v) is 20.8. The highest BCUT2D eigenvalue weighted by Crippen LogP contribution is 2.29. The number of fused-ring (bicyclic) bond motifs is 1. The van der Waals surface area contributed by atoms with Crippen molar-refractivity contribution >= 4 is 45.9 Å². The van der Waals surface area contributed by atoms with E-state index in [1.54, 1.807) is 23.2 Å². The first kappa shape index (κ1) is 23.7. The van der Waals surface area contributed by atoms with Crippen LogP contribution in [-0.2, 0) is 4.79 Å². The van der Waals surface area contributed by atoms with E-state index in [1.165, 1.54) is 17.8 Å². The molecule has 0 radical (unpaired) electrons. The third-order valence-electron chi connectivity index (χ3n) is 7.02. The fraction of sp³-hybridized carbons (Fsp3) is 0.385. The lowest BCUT2D eigenvalue weighted by atomic mass is 10.0. The van der Waals surface area contributed by atoms with Crippen molar-refractivity contribution in [2.45, 2.75) is 24.9 Å². The molecule has 0 bridgehead atoms. The second kappa shape index (κ2) is 9.91. The molecule has 1 unspecified atom stereocenters. The summed E-state index contributed by atoms with van der Waals surface area (Å²) in [5.41, 5.74) is 2.39. The lowest BCUT2D eigenvalue weighted by Crippen LogP contribution is -2.44. The van der Waals surface area contributed by atoms with Crippen LogP contribution in [0.1, 0.15) is 23.2 Å². The number of carbonyl (C=O) groups excluding carboxylic acids is 2. The Morgan fingerprint density at radius 2 is 1.91 bits per heavy atom. The molecule has 1 aromatic heterocycles. The van der Waals surface area contributed by atoms with Crippen molar-refractivity contribution in [2.24, 2.45) is 0 Å². The van der Waals surface area contributed by atoms with Gasteiger partial charge in [0.15, 0.2) is 0 Å². The Morgan fingerprint density at radius 1 is 1.14 bits per heavy atom. The summed E-state index contributed by atoms with van der Waals surface area (Å²) in [4.78, 5) is 35.4. The molecule has 9 heteroatoms. The van der Waals surface area contributed by atoms with Crippen molar-refractivity contribution in [1.82, 2.24) is 14.8 Å². The number of anilines is 2. The first-order chi connectivity index (χ1) is 16.9. The first-order valence-corrected chi connectivity index (χ1v) is 13.0. The monoisotopic (exact) mass is 495 g/mol. The van der Waals surface area contributed by atoms with Gasteiger partial charge in [-0.3, -0.25) is 9.59 Å². The molecule has 0 spiro atoms. The summed E-state index contributed by atoms with van der Waals surface area (Å²) in [5, 5.41) is 3.66. The number of benzene rings is 2. The summed E-state index contributed by atoms with van der Waals surface area (Å²) in [5.74, 6) is 0.101. The Kier molecular flexibility index (Phi) is 6.71. The number of carbonyl (C=O) groups is 2. The SMILES string of the molecule is CN(C)C1CCN(c2ccc(NC(=O)C3CSCN3C(=O)c3c[nH]c4ccccc34)cc2F)CC1. The van der Waals surface area contributed by atoms with E-state index in [-0.39, 0.29) is 17.6 Å². The average molecular weight is 496 g/mol. The summed E-state index contributed by atoms with van der Waals surface area (Å²) in [6.45, 7) is 1.60. The van der Waals surface area contributed by atoms with E-state index in [0.717, 1.165) is 36.8 Å². The fourth-order valence-electron chi connectivity index (χ4n) is 4.95. The molecule has 2 amide bonds. The van der Waals surface area contributed by atoms with Crippen molar-refractivity contribution < 1.29 is 14.0 Å². The predicted molar refractivity (Wildman–Crippen MR) is 140 cm³/mol. The minimum Gasteiger partial charge on any atom is -0.369 e. The maximum Gasteiger partial charge on any atom is 0.257 e. The third kappa shape index (κ3) is 4.75. The minimum absolute atomic E-state index is 0.185. The summed E-state index contributed by atoms with van der Waals surface area (Å²) < 4.78 is 15.0. The van der Waals surface area contributed by atoms with Crippen LogP contribution in [0.5, 0.6) is 0 Å². The van der Waals surface area contributed by atoms with E-state index in [0.29, 0.717) is 34.6 Å². The quantitative estimate of drug-likeness (QED) is 0.560. The highest BCUT2D eigenvalue weighted by atomic mass is 32.2. The molecule has 3 aromatic rings. The standard InChI is InChI=1S/C26H30FN5O2S/c1-30(2)18-9-11-31(12-10-18)23-8-7-17(13-21(23)27)29-25(33)24-15-35-16-32(24)26(34)20-14-28-22-6-4-3-5-19(20)22/h3-8,13-14,18,24,28H,9-12,15-16H2,1-2H3,(H,29,33).